The van der Waals surface area contributed by atoms with Crippen molar-refractivity contribution in [3.05, 3.63) is 17.8 Å². The van der Waals surface area contributed by atoms with Gasteiger partial charge in [-0.1, -0.05) is 0 Å². The van der Waals surface area contributed by atoms with Crippen LogP contribution in [-0.4, -0.2) is 49.7 Å². The average Bonchev–Trinajstić information content (AvgIpc) is 2.47. The third kappa shape index (κ3) is 2.52. The number of rotatable bonds is 3. The van der Waals surface area contributed by atoms with Crippen LogP contribution in [-0.2, 0) is 9.47 Å². The summed E-state index contributed by atoms with van der Waals surface area (Å²) in [5, 5.41) is 8.50. The molecule has 2 saturated heterocycles. The zero-order valence-corrected chi connectivity index (χ0v) is 12.3. The van der Waals surface area contributed by atoms with Crippen molar-refractivity contribution in [1.29, 1.82) is 0 Å². The fourth-order valence-electron chi connectivity index (χ4n) is 3.54. The summed E-state index contributed by atoms with van der Waals surface area (Å²) in [6.07, 6.45) is 3.65. The van der Waals surface area contributed by atoms with E-state index in [2.05, 4.69) is 21.2 Å². The number of hydrogen-bond donors (Lipinski definition) is 0. The number of piperidine rings is 1. The zero-order valence-electron chi connectivity index (χ0n) is 12.3. The van der Waals surface area contributed by atoms with Gasteiger partial charge in [-0.3, -0.25) is 0 Å². The van der Waals surface area contributed by atoms with Crippen molar-refractivity contribution in [1.82, 2.24) is 10.2 Å². The fraction of sp³-hybridized carbons (Fsp3) is 0.733. The second-order valence-corrected chi connectivity index (χ2v) is 6.00. The number of hydrogen-bond acceptors (Lipinski definition) is 5. The van der Waals surface area contributed by atoms with Crippen molar-refractivity contribution in [3.8, 4) is 0 Å². The van der Waals surface area contributed by atoms with Crippen LogP contribution in [0.5, 0.6) is 0 Å². The second kappa shape index (κ2) is 5.66. The molecule has 0 aromatic carbocycles. The molecule has 2 aliphatic rings. The van der Waals surface area contributed by atoms with Crippen molar-refractivity contribution < 1.29 is 9.47 Å². The quantitative estimate of drug-likeness (QED) is 0.843. The predicted molar refractivity (Wildman–Crippen MR) is 76.9 cm³/mol. The lowest BCUT2D eigenvalue weighted by Crippen LogP contribution is -2.57. The molecule has 2 aliphatic heterocycles. The van der Waals surface area contributed by atoms with Crippen LogP contribution in [0.1, 0.15) is 25.0 Å². The third-order valence-corrected chi connectivity index (χ3v) is 4.53. The summed E-state index contributed by atoms with van der Waals surface area (Å²) in [6, 6.07) is 4.08. The van der Waals surface area contributed by atoms with Crippen LogP contribution in [0.25, 0.3) is 0 Å². The van der Waals surface area contributed by atoms with Crippen LogP contribution in [0.15, 0.2) is 12.1 Å². The Hall–Kier alpha value is -1.20. The summed E-state index contributed by atoms with van der Waals surface area (Å²) < 4.78 is 11.5. The molecule has 0 aliphatic carbocycles. The zero-order chi connectivity index (χ0) is 14.0. The number of fused-ring (bicyclic) bond motifs is 1. The van der Waals surface area contributed by atoms with E-state index in [9.17, 15) is 0 Å². The molecule has 3 rings (SSSR count). The van der Waals surface area contributed by atoms with E-state index in [1.807, 2.05) is 13.0 Å². The SMILES string of the molecule is COC[C@]12CCCO[C@H]1CCN(c1ccc(C)nn1)C2. The van der Waals surface area contributed by atoms with Crippen molar-refractivity contribution in [2.45, 2.75) is 32.3 Å². The van der Waals surface area contributed by atoms with E-state index in [1.54, 1.807) is 7.11 Å². The minimum absolute atomic E-state index is 0.109. The minimum atomic E-state index is 0.109. The van der Waals surface area contributed by atoms with Gasteiger partial charge in [0.05, 0.1) is 18.4 Å². The van der Waals surface area contributed by atoms with Gasteiger partial charge in [0.25, 0.3) is 0 Å². The lowest BCUT2D eigenvalue weighted by Gasteiger charge is -2.50. The topological polar surface area (TPSA) is 47.5 Å². The van der Waals surface area contributed by atoms with Crippen LogP contribution >= 0.6 is 0 Å². The summed E-state index contributed by atoms with van der Waals surface area (Å²) in [7, 11) is 1.78. The Kier molecular flexibility index (Phi) is 3.89. The first-order valence-electron chi connectivity index (χ1n) is 7.39. The molecule has 110 valence electrons. The maximum atomic E-state index is 6.00. The smallest absolute Gasteiger partial charge is 0.151 e. The summed E-state index contributed by atoms with van der Waals surface area (Å²) in [6.45, 7) is 5.54. The third-order valence-electron chi connectivity index (χ3n) is 4.53. The molecule has 0 saturated carbocycles. The number of nitrogens with zero attached hydrogens (tertiary/aromatic N) is 3. The molecule has 0 bridgehead atoms. The predicted octanol–water partition coefficient (Wildman–Crippen LogP) is 1.81. The number of aryl methyl sites for hydroxylation is 1. The van der Waals surface area contributed by atoms with E-state index in [0.717, 1.165) is 50.7 Å². The molecule has 0 N–H and O–H groups in total. The van der Waals surface area contributed by atoms with Crippen molar-refractivity contribution in [2.75, 3.05) is 38.3 Å². The molecule has 1 aromatic rings. The van der Waals surface area contributed by atoms with Gasteiger partial charge in [-0.2, -0.15) is 5.10 Å². The van der Waals surface area contributed by atoms with E-state index in [1.165, 1.54) is 6.42 Å². The highest BCUT2D eigenvalue weighted by molar-refractivity contribution is 5.39. The molecule has 0 radical (unpaired) electrons. The molecule has 2 fully saturated rings. The number of ether oxygens (including phenoxy) is 2. The van der Waals surface area contributed by atoms with Gasteiger partial charge in [-0.15, -0.1) is 5.10 Å². The molecule has 2 atom stereocenters. The number of anilines is 1. The first kappa shape index (κ1) is 13.8. The fourth-order valence-corrected chi connectivity index (χ4v) is 3.54. The Labute approximate surface area is 120 Å². The Bertz CT molecular complexity index is 447. The van der Waals surface area contributed by atoms with E-state index < -0.39 is 0 Å². The highest BCUT2D eigenvalue weighted by Crippen LogP contribution is 2.41. The monoisotopic (exact) mass is 277 g/mol. The molecule has 0 spiro atoms. The molecule has 0 unspecified atom stereocenters. The van der Waals surface area contributed by atoms with Crippen LogP contribution < -0.4 is 4.90 Å². The lowest BCUT2D eigenvalue weighted by molar-refractivity contribution is -0.119. The average molecular weight is 277 g/mol. The van der Waals surface area contributed by atoms with Gasteiger partial charge < -0.3 is 14.4 Å². The molecule has 5 nitrogen and oxygen atoms in total. The molecule has 1 aromatic heterocycles. The Morgan fingerprint density at radius 2 is 2.35 bits per heavy atom. The van der Waals surface area contributed by atoms with Crippen LogP contribution in [0.4, 0.5) is 5.82 Å². The van der Waals surface area contributed by atoms with Crippen LogP contribution in [0, 0.1) is 12.3 Å². The van der Waals surface area contributed by atoms with Crippen molar-refractivity contribution >= 4 is 5.82 Å². The van der Waals surface area contributed by atoms with Gasteiger partial charge in [0.1, 0.15) is 0 Å². The summed E-state index contributed by atoms with van der Waals surface area (Å²) in [5.41, 5.74) is 1.06. The maximum absolute atomic E-state index is 6.00. The Balaban J connectivity index is 1.80. The largest absolute Gasteiger partial charge is 0.384 e. The second-order valence-electron chi connectivity index (χ2n) is 6.00. The molecule has 0 amide bonds. The Morgan fingerprint density at radius 3 is 3.10 bits per heavy atom. The van der Waals surface area contributed by atoms with Gasteiger partial charge in [-0.05, 0) is 38.3 Å². The summed E-state index contributed by atoms with van der Waals surface area (Å²) in [4.78, 5) is 2.33. The standard InChI is InChI=1S/C15H23N3O2/c1-12-4-5-14(17-16-12)18-8-6-13-15(10-18,11-19-2)7-3-9-20-13/h4-5,13H,3,6-11H2,1-2H3/t13-,15+/m0/s1. The van der Waals surface area contributed by atoms with Crippen LogP contribution in [0.3, 0.4) is 0 Å². The molecular formula is C15H23N3O2. The van der Waals surface area contributed by atoms with E-state index in [0.29, 0.717) is 6.10 Å². The van der Waals surface area contributed by atoms with E-state index in [4.69, 9.17) is 9.47 Å². The molecule has 20 heavy (non-hydrogen) atoms. The van der Waals surface area contributed by atoms with Gasteiger partial charge in [-0.25, -0.2) is 0 Å². The van der Waals surface area contributed by atoms with Gasteiger partial charge in [0.2, 0.25) is 0 Å². The number of aromatic nitrogens is 2. The molecule has 3 heterocycles. The lowest BCUT2D eigenvalue weighted by atomic mass is 9.73. The normalized spacial score (nSPS) is 30.1. The summed E-state index contributed by atoms with van der Waals surface area (Å²) >= 11 is 0. The number of methoxy groups -OCH3 is 1. The van der Waals surface area contributed by atoms with Crippen LogP contribution in [0.2, 0.25) is 0 Å². The van der Waals surface area contributed by atoms with Gasteiger partial charge >= 0.3 is 0 Å². The van der Waals surface area contributed by atoms with Gasteiger partial charge in [0, 0.05) is 32.2 Å². The molecule has 5 heteroatoms. The Morgan fingerprint density at radius 1 is 1.45 bits per heavy atom. The summed E-state index contributed by atoms with van der Waals surface area (Å²) in [5.74, 6) is 0.968. The highest BCUT2D eigenvalue weighted by atomic mass is 16.5. The molecular weight excluding hydrogens is 254 g/mol. The van der Waals surface area contributed by atoms with Gasteiger partial charge in [0.15, 0.2) is 5.82 Å². The highest BCUT2D eigenvalue weighted by Gasteiger charge is 2.46. The first-order chi connectivity index (χ1) is 9.73. The first-order valence-corrected chi connectivity index (χ1v) is 7.39. The van der Waals surface area contributed by atoms with Crippen molar-refractivity contribution in [3.63, 3.8) is 0 Å². The van der Waals surface area contributed by atoms with Crippen molar-refractivity contribution in [2.24, 2.45) is 5.41 Å². The minimum Gasteiger partial charge on any atom is -0.384 e. The van der Waals surface area contributed by atoms with E-state index >= 15 is 0 Å². The maximum Gasteiger partial charge on any atom is 0.151 e. The van der Waals surface area contributed by atoms with E-state index in [-0.39, 0.29) is 5.41 Å².